The molecule has 1 amide bonds. The fraction of sp³-hybridized carbons (Fsp3) is 0.304. The second kappa shape index (κ2) is 8.21. The lowest BCUT2D eigenvalue weighted by Crippen LogP contribution is -2.28. The van der Waals surface area contributed by atoms with Gasteiger partial charge in [0.15, 0.2) is 0 Å². The number of nitrogens with zero attached hydrogens (tertiary/aromatic N) is 2. The van der Waals surface area contributed by atoms with E-state index < -0.39 is 0 Å². The van der Waals surface area contributed by atoms with Crippen molar-refractivity contribution >= 4 is 5.91 Å². The summed E-state index contributed by atoms with van der Waals surface area (Å²) >= 11 is 0. The number of carbonyl (C=O) groups excluding carboxylic acids is 1. The van der Waals surface area contributed by atoms with Gasteiger partial charge in [0, 0.05) is 29.8 Å². The predicted molar refractivity (Wildman–Crippen MR) is 107 cm³/mol. The Kier molecular flexibility index (Phi) is 5.33. The summed E-state index contributed by atoms with van der Waals surface area (Å²) in [6.07, 6.45) is 6.43. The molecule has 0 aliphatic heterocycles. The van der Waals surface area contributed by atoms with Crippen LogP contribution in [-0.4, -0.2) is 15.7 Å². The number of hydrogen-bond donors (Lipinski definition) is 1. The zero-order chi connectivity index (χ0) is 18.5. The molecule has 0 spiro atoms. The summed E-state index contributed by atoms with van der Waals surface area (Å²) < 4.78 is 1.97. The van der Waals surface area contributed by atoms with Gasteiger partial charge in [0.1, 0.15) is 0 Å². The number of hydrogen-bond acceptors (Lipinski definition) is 2. The number of nitrogens with one attached hydrogen (secondary N) is 1. The molecule has 1 aliphatic rings. The second-order valence-corrected chi connectivity index (χ2v) is 7.25. The molecule has 4 nitrogen and oxygen atoms in total. The van der Waals surface area contributed by atoms with E-state index in [1.165, 1.54) is 18.4 Å². The van der Waals surface area contributed by atoms with Crippen molar-refractivity contribution in [3.05, 3.63) is 78.0 Å². The molecule has 2 aromatic carbocycles. The molecule has 1 heterocycles. The molecular formula is C23H25N3O. The van der Waals surface area contributed by atoms with Crippen molar-refractivity contribution in [2.24, 2.45) is 5.92 Å². The van der Waals surface area contributed by atoms with Gasteiger partial charge in [-0.15, -0.1) is 0 Å². The van der Waals surface area contributed by atoms with Crippen molar-refractivity contribution in [3.8, 4) is 11.3 Å². The highest BCUT2D eigenvalue weighted by Gasteiger charge is 2.23. The van der Waals surface area contributed by atoms with Crippen molar-refractivity contribution in [2.45, 2.75) is 38.8 Å². The maximum atomic E-state index is 12.4. The number of benzene rings is 2. The van der Waals surface area contributed by atoms with E-state index in [0.717, 1.165) is 36.2 Å². The van der Waals surface area contributed by atoms with Gasteiger partial charge in [-0.25, -0.2) is 0 Å². The molecule has 0 atom stereocenters. The van der Waals surface area contributed by atoms with Crippen molar-refractivity contribution < 1.29 is 4.79 Å². The Morgan fingerprint density at radius 1 is 1.00 bits per heavy atom. The summed E-state index contributed by atoms with van der Waals surface area (Å²) in [5, 5.41) is 7.95. The Morgan fingerprint density at radius 2 is 1.67 bits per heavy atom. The van der Waals surface area contributed by atoms with E-state index >= 15 is 0 Å². The number of amides is 1. The van der Waals surface area contributed by atoms with Crippen LogP contribution in [0.2, 0.25) is 0 Å². The number of aromatic nitrogens is 2. The molecule has 4 rings (SSSR count). The highest BCUT2D eigenvalue weighted by atomic mass is 16.1. The largest absolute Gasteiger partial charge is 0.352 e. The minimum atomic E-state index is 0.183. The summed E-state index contributed by atoms with van der Waals surface area (Å²) in [5.74, 6) is 0.367. The van der Waals surface area contributed by atoms with Gasteiger partial charge in [-0.3, -0.25) is 9.48 Å². The first-order valence-corrected chi connectivity index (χ1v) is 9.73. The van der Waals surface area contributed by atoms with Crippen molar-refractivity contribution in [2.75, 3.05) is 0 Å². The van der Waals surface area contributed by atoms with Crippen LogP contribution >= 0.6 is 0 Å². The average molecular weight is 359 g/mol. The molecule has 3 aromatic rings. The summed E-state index contributed by atoms with van der Waals surface area (Å²) in [6, 6.07) is 20.5. The molecule has 1 aliphatic carbocycles. The Balaban J connectivity index is 1.55. The molecule has 1 fully saturated rings. The van der Waals surface area contributed by atoms with Crippen molar-refractivity contribution in [3.63, 3.8) is 0 Å². The fourth-order valence-corrected chi connectivity index (χ4v) is 3.80. The summed E-state index contributed by atoms with van der Waals surface area (Å²) in [5.41, 5.74) is 4.29. The smallest absolute Gasteiger partial charge is 0.223 e. The van der Waals surface area contributed by atoms with Gasteiger partial charge in [0.25, 0.3) is 0 Å². The van der Waals surface area contributed by atoms with Gasteiger partial charge in [0.05, 0.1) is 12.2 Å². The lowest BCUT2D eigenvalue weighted by molar-refractivity contribution is -0.124. The first-order chi connectivity index (χ1) is 13.3. The lowest BCUT2D eigenvalue weighted by atomic mass is 10.1. The van der Waals surface area contributed by atoms with Crippen LogP contribution in [0.15, 0.2) is 66.9 Å². The van der Waals surface area contributed by atoms with Crippen LogP contribution in [0.3, 0.4) is 0 Å². The summed E-state index contributed by atoms with van der Waals surface area (Å²) in [6.45, 7) is 1.24. The highest BCUT2D eigenvalue weighted by Crippen LogP contribution is 2.26. The zero-order valence-corrected chi connectivity index (χ0v) is 15.5. The molecule has 138 valence electrons. The average Bonchev–Trinajstić information content (AvgIpc) is 3.38. The Hall–Kier alpha value is -2.88. The minimum Gasteiger partial charge on any atom is -0.352 e. The van der Waals surface area contributed by atoms with Gasteiger partial charge < -0.3 is 5.32 Å². The van der Waals surface area contributed by atoms with E-state index in [1.54, 1.807) is 0 Å². The quantitative estimate of drug-likeness (QED) is 0.709. The molecule has 0 saturated heterocycles. The van der Waals surface area contributed by atoms with Crippen LogP contribution < -0.4 is 5.32 Å². The SMILES string of the molecule is O=C(NCc1cn(Cc2ccccc2)nc1-c1ccccc1)C1CCCC1. The molecule has 0 radical (unpaired) electrons. The zero-order valence-electron chi connectivity index (χ0n) is 15.5. The monoisotopic (exact) mass is 359 g/mol. The predicted octanol–water partition coefficient (Wildman–Crippen LogP) is 4.40. The number of rotatable bonds is 6. The van der Waals surface area contributed by atoms with Gasteiger partial charge in [0.2, 0.25) is 5.91 Å². The normalized spacial score (nSPS) is 14.4. The molecule has 4 heteroatoms. The molecular weight excluding hydrogens is 334 g/mol. The molecule has 1 N–H and O–H groups in total. The second-order valence-electron chi connectivity index (χ2n) is 7.25. The van der Waals surface area contributed by atoms with E-state index in [-0.39, 0.29) is 11.8 Å². The highest BCUT2D eigenvalue weighted by molar-refractivity contribution is 5.79. The van der Waals surface area contributed by atoms with Crippen LogP contribution in [0, 0.1) is 5.92 Å². The van der Waals surface area contributed by atoms with E-state index in [4.69, 9.17) is 5.10 Å². The van der Waals surface area contributed by atoms with E-state index in [1.807, 2.05) is 41.1 Å². The van der Waals surface area contributed by atoms with Gasteiger partial charge in [-0.2, -0.15) is 5.10 Å². The third kappa shape index (κ3) is 4.27. The van der Waals surface area contributed by atoms with E-state index in [9.17, 15) is 4.79 Å². The maximum Gasteiger partial charge on any atom is 0.223 e. The third-order valence-corrected chi connectivity index (χ3v) is 5.25. The standard InChI is InChI=1S/C23H25N3O/c27-23(20-13-7-8-14-20)24-15-21-17-26(16-18-9-3-1-4-10-18)25-22(21)19-11-5-2-6-12-19/h1-6,9-12,17,20H,7-8,13-16H2,(H,24,27). The molecule has 0 bridgehead atoms. The van der Waals surface area contributed by atoms with Gasteiger partial charge in [-0.1, -0.05) is 73.5 Å². The van der Waals surface area contributed by atoms with Crippen LogP contribution in [0.1, 0.15) is 36.8 Å². The first kappa shape index (κ1) is 17.5. The maximum absolute atomic E-state index is 12.4. The van der Waals surface area contributed by atoms with E-state index in [0.29, 0.717) is 6.54 Å². The lowest BCUT2D eigenvalue weighted by Gasteiger charge is -2.10. The van der Waals surface area contributed by atoms with Crippen LogP contribution in [0.4, 0.5) is 0 Å². The van der Waals surface area contributed by atoms with Crippen molar-refractivity contribution in [1.82, 2.24) is 15.1 Å². The van der Waals surface area contributed by atoms with Gasteiger partial charge in [-0.05, 0) is 18.4 Å². The molecule has 1 saturated carbocycles. The Bertz CT molecular complexity index is 881. The van der Waals surface area contributed by atoms with Crippen LogP contribution in [0.5, 0.6) is 0 Å². The summed E-state index contributed by atoms with van der Waals surface area (Å²) in [4.78, 5) is 12.4. The Morgan fingerprint density at radius 3 is 2.37 bits per heavy atom. The van der Waals surface area contributed by atoms with Crippen LogP contribution in [-0.2, 0) is 17.9 Å². The summed E-state index contributed by atoms with van der Waals surface area (Å²) in [7, 11) is 0. The number of carbonyl (C=O) groups is 1. The molecule has 27 heavy (non-hydrogen) atoms. The molecule has 1 aromatic heterocycles. The fourth-order valence-electron chi connectivity index (χ4n) is 3.80. The Labute approximate surface area is 160 Å². The van der Waals surface area contributed by atoms with E-state index in [2.05, 4.69) is 35.8 Å². The minimum absolute atomic E-state index is 0.183. The van der Waals surface area contributed by atoms with Crippen molar-refractivity contribution in [1.29, 1.82) is 0 Å². The van der Waals surface area contributed by atoms with Crippen LogP contribution in [0.25, 0.3) is 11.3 Å². The molecule has 0 unspecified atom stereocenters. The first-order valence-electron chi connectivity index (χ1n) is 9.73. The van der Waals surface area contributed by atoms with Gasteiger partial charge >= 0.3 is 0 Å². The topological polar surface area (TPSA) is 46.9 Å². The third-order valence-electron chi connectivity index (χ3n) is 5.25.